The maximum Gasteiger partial charge on any atom is 0.0541 e. The monoisotopic (exact) mass is 776 g/mol. The van der Waals surface area contributed by atoms with Crippen molar-refractivity contribution < 1.29 is 0 Å². The fourth-order valence-electron chi connectivity index (χ4n) is 8.75. The van der Waals surface area contributed by atoms with E-state index in [-0.39, 0.29) is 0 Å². The predicted molar refractivity (Wildman–Crippen MR) is 257 cm³/mol. The van der Waals surface area contributed by atoms with Crippen molar-refractivity contribution >= 4 is 81.5 Å². The zero-order valence-electron chi connectivity index (χ0n) is 33.3. The second-order valence-electron chi connectivity index (χ2n) is 14.9. The van der Waals surface area contributed by atoms with Crippen molar-refractivity contribution in [3.05, 3.63) is 217 Å². The number of anilines is 3. The van der Waals surface area contributed by atoms with Crippen LogP contribution in [-0.4, -0.2) is 4.57 Å². The molecular formula is C56H44N2S. The summed E-state index contributed by atoms with van der Waals surface area (Å²) in [5, 5.41) is 5.21. The molecule has 2 nitrogen and oxygen atoms in total. The van der Waals surface area contributed by atoms with Crippen LogP contribution in [0.15, 0.2) is 206 Å². The van der Waals surface area contributed by atoms with Crippen LogP contribution in [0.4, 0.5) is 17.1 Å². The van der Waals surface area contributed by atoms with E-state index in [1.54, 1.807) is 0 Å². The molecule has 3 heteroatoms. The number of nitrogens with zero attached hydrogens (tertiary/aromatic N) is 2. The maximum atomic E-state index is 2.41. The number of thiophene rings is 1. The Bertz CT molecular complexity index is 3130. The van der Waals surface area contributed by atoms with Gasteiger partial charge in [0.1, 0.15) is 0 Å². The van der Waals surface area contributed by atoms with Gasteiger partial charge in [-0.3, -0.25) is 0 Å². The van der Waals surface area contributed by atoms with Gasteiger partial charge in [-0.1, -0.05) is 129 Å². The zero-order chi connectivity index (χ0) is 39.7. The zero-order valence-corrected chi connectivity index (χ0v) is 34.2. The summed E-state index contributed by atoms with van der Waals surface area (Å²) < 4.78 is 5.04. The number of fused-ring (bicyclic) bond motifs is 6. The van der Waals surface area contributed by atoms with E-state index in [1.807, 2.05) is 25.2 Å². The Labute approximate surface area is 350 Å². The van der Waals surface area contributed by atoms with Gasteiger partial charge >= 0.3 is 0 Å². The highest BCUT2D eigenvalue weighted by atomic mass is 32.1. The van der Waals surface area contributed by atoms with Crippen molar-refractivity contribution in [2.75, 3.05) is 4.90 Å². The lowest BCUT2D eigenvalue weighted by atomic mass is 9.88. The highest BCUT2D eigenvalue weighted by Gasteiger charge is 2.19. The van der Waals surface area contributed by atoms with E-state index >= 15 is 0 Å². The third-order valence-electron chi connectivity index (χ3n) is 11.5. The van der Waals surface area contributed by atoms with Crippen molar-refractivity contribution in [2.24, 2.45) is 0 Å². The van der Waals surface area contributed by atoms with Gasteiger partial charge < -0.3 is 9.47 Å². The minimum Gasteiger partial charge on any atom is -0.310 e. The summed E-state index contributed by atoms with van der Waals surface area (Å²) in [4.78, 5) is 2.39. The van der Waals surface area contributed by atoms with Gasteiger partial charge in [0.25, 0.3) is 0 Å². The number of hydrogen-bond donors (Lipinski definition) is 0. The quantitative estimate of drug-likeness (QED) is 0.156. The lowest BCUT2D eigenvalue weighted by molar-refractivity contribution is 1.07. The molecule has 0 fully saturated rings. The lowest BCUT2D eigenvalue weighted by Crippen LogP contribution is -2.10. The molecule has 8 aromatic carbocycles. The maximum absolute atomic E-state index is 2.41. The van der Waals surface area contributed by atoms with Gasteiger partial charge in [0, 0.05) is 53.7 Å². The Kier molecular flexibility index (Phi) is 9.73. The van der Waals surface area contributed by atoms with E-state index in [9.17, 15) is 0 Å². The summed E-state index contributed by atoms with van der Waals surface area (Å²) in [6, 6.07) is 70.9. The molecule has 0 bridgehead atoms. The van der Waals surface area contributed by atoms with E-state index in [0.29, 0.717) is 0 Å². The number of aromatic nitrogens is 1. The molecule has 0 unspecified atom stereocenters. The van der Waals surface area contributed by atoms with Crippen molar-refractivity contribution in [3.8, 4) is 16.8 Å². The summed E-state index contributed by atoms with van der Waals surface area (Å²) in [6.07, 6.45) is 6.66. The molecule has 10 aromatic rings. The molecule has 1 aliphatic carbocycles. The van der Waals surface area contributed by atoms with E-state index < -0.39 is 0 Å². The van der Waals surface area contributed by atoms with Crippen LogP contribution in [0.1, 0.15) is 37.8 Å². The van der Waals surface area contributed by atoms with Gasteiger partial charge in [0.05, 0.1) is 11.0 Å². The van der Waals surface area contributed by atoms with Crippen LogP contribution in [0.25, 0.3) is 69.9 Å². The standard InChI is InChI=1S/C54H38N2S.C2H6/c1-4-14-43(15-5-1)55(44-16-6-2-7-17-44)46-33-41(32-42(34-46)40-29-31-54-50(36-40)48-21-11-13-23-53(48)57-54)38-26-24-37(25-27-38)39-28-30-52-49(35-39)47-20-10-12-22-51(47)56(52)45-18-8-3-9-19-45;1-2/h1-24,26,28-36H,25,27H2;1-2H3. The second-order valence-corrected chi connectivity index (χ2v) is 16.0. The molecule has 0 N–H and O–H groups in total. The first-order valence-corrected chi connectivity index (χ1v) is 21.5. The summed E-state index contributed by atoms with van der Waals surface area (Å²) in [7, 11) is 0. The van der Waals surface area contributed by atoms with Crippen LogP contribution in [-0.2, 0) is 0 Å². The van der Waals surface area contributed by atoms with Crippen molar-refractivity contribution in [3.63, 3.8) is 0 Å². The highest BCUT2D eigenvalue weighted by Crippen LogP contribution is 2.43. The average Bonchev–Trinajstić information content (AvgIpc) is 3.86. The molecule has 1 aliphatic rings. The summed E-state index contributed by atoms with van der Waals surface area (Å²) in [5.74, 6) is 0. The molecule has 2 aromatic heterocycles. The predicted octanol–water partition coefficient (Wildman–Crippen LogP) is 16.6. The summed E-state index contributed by atoms with van der Waals surface area (Å²) in [5.41, 5.74) is 14.8. The average molecular weight is 777 g/mol. The lowest BCUT2D eigenvalue weighted by Gasteiger charge is -2.27. The minimum absolute atomic E-state index is 0.962. The first-order chi connectivity index (χ1) is 29.2. The smallest absolute Gasteiger partial charge is 0.0541 e. The summed E-state index contributed by atoms with van der Waals surface area (Å²) >= 11 is 1.87. The largest absolute Gasteiger partial charge is 0.310 e. The number of rotatable bonds is 7. The van der Waals surface area contributed by atoms with Gasteiger partial charge in [0.15, 0.2) is 0 Å². The van der Waals surface area contributed by atoms with Crippen LogP contribution in [0.5, 0.6) is 0 Å². The number of hydrogen-bond acceptors (Lipinski definition) is 2. The molecule has 59 heavy (non-hydrogen) atoms. The first-order valence-electron chi connectivity index (χ1n) is 20.7. The van der Waals surface area contributed by atoms with Gasteiger partial charge in [0.2, 0.25) is 0 Å². The van der Waals surface area contributed by atoms with E-state index in [4.69, 9.17) is 0 Å². The number of benzene rings is 8. The molecule has 284 valence electrons. The molecule has 0 atom stereocenters. The van der Waals surface area contributed by atoms with Crippen molar-refractivity contribution in [1.29, 1.82) is 0 Å². The molecule has 2 heterocycles. The van der Waals surface area contributed by atoms with Crippen LogP contribution in [0.2, 0.25) is 0 Å². The van der Waals surface area contributed by atoms with E-state index in [0.717, 1.165) is 29.9 Å². The molecule has 0 spiro atoms. The highest BCUT2D eigenvalue weighted by molar-refractivity contribution is 7.25. The molecule has 0 aliphatic heterocycles. The van der Waals surface area contributed by atoms with Gasteiger partial charge in [-0.15, -0.1) is 11.3 Å². The van der Waals surface area contributed by atoms with Crippen LogP contribution in [0.3, 0.4) is 0 Å². The Morgan fingerprint density at radius 3 is 1.64 bits per heavy atom. The van der Waals surface area contributed by atoms with Crippen LogP contribution >= 0.6 is 11.3 Å². The Balaban J connectivity index is 0.00000207. The molecule has 0 saturated heterocycles. The molecular weight excluding hydrogens is 733 g/mol. The van der Waals surface area contributed by atoms with Crippen molar-refractivity contribution in [1.82, 2.24) is 4.57 Å². The SMILES string of the molecule is C1=C(c2cc(-c3ccc4sc5ccccc5c4c3)cc(N(c3ccccc3)c3ccccc3)c2)CCC(c2ccc3c(c2)c2ccccc2n3-c2ccccc2)=C1.CC. The molecule has 0 radical (unpaired) electrons. The van der Waals surface area contributed by atoms with Crippen LogP contribution in [0, 0.1) is 0 Å². The summed E-state index contributed by atoms with van der Waals surface area (Å²) in [6.45, 7) is 4.00. The van der Waals surface area contributed by atoms with Gasteiger partial charge in [-0.25, -0.2) is 0 Å². The molecule has 11 rings (SSSR count). The van der Waals surface area contributed by atoms with Crippen LogP contribution < -0.4 is 4.90 Å². The second kappa shape index (κ2) is 15.8. The Morgan fingerprint density at radius 2 is 0.932 bits per heavy atom. The third-order valence-corrected chi connectivity index (χ3v) is 12.6. The number of para-hydroxylation sites is 4. The minimum atomic E-state index is 0.962. The molecule has 0 saturated carbocycles. The van der Waals surface area contributed by atoms with E-state index in [2.05, 4.69) is 216 Å². The third kappa shape index (κ3) is 6.74. The van der Waals surface area contributed by atoms with Gasteiger partial charge in [-0.2, -0.15) is 0 Å². The first kappa shape index (κ1) is 36.4. The fourth-order valence-corrected chi connectivity index (χ4v) is 9.83. The molecule has 0 amide bonds. The normalized spacial score (nSPS) is 12.6. The van der Waals surface area contributed by atoms with E-state index in [1.165, 1.54) is 81.1 Å². The Morgan fingerprint density at radius 1 is 0.390 bits per heavy atom. The Hall–Kier alpha value is -6.94. The number of allylic oxidation sites excluding steroid dienone is 4. The topological polar surface area (TPSA) is 8.17 Å². The fraction of sp³-hybridized carbons (Fsp3) is 0.0714. The van der Waals surface area contributed by atoms with Gasteiger partial charge in [-0.05, 0) is 137 Å². The van der Waals surface area contributed by atoms with Crippen molar-refractivity contribution in [2.45, 2.75) is 26.7 Å².